The van der Waals surface area contributed by atoms with Crippen LogP contribution in [0.4, 0.5) is 4.39 Å². The first kappa shape index (κ1) is 13.6. The summed E-state index contributed by atoms with van der Waals surface area (Å²) in [6, 6.07) is 12.4. The summed E-state index contributed by atoms with van der Waals surface area (Å²) in [5.74, 6) is 0.370. The SMILES string of the molecule is OC(Cc1cc(Cl)ccc1F)c1ccc(C2CC2)cc1. The molecule has 0 radical (unpaired) electrons. The van der Waals surface area contributed by atoms with Gasteiger partial charge in [0.2, 0.25) is 0 Å². The van der Waals surface area contributed by atoms with E-state index in [9.17, 15) is 9.50 Å². The van der Waals surface area contributed by atoms with Crippen molar-refractivity contribution in [1.29, 1.82) is 0 Å². The van der Waals surface area contributed by atoms with E-state index in [2.05, 4.69) is 12.1 Å². The zero-order chi connectivity index (χ0) is 14.1. The number of hydrogen-bond donors (Lipinski definition) is 1. The Labute approximate surface area is 123 Å². The van der Waals surface area contributed by atoms with Gasteiger partial charge in [0.05, 0.1) is 6.10 Å². The minimum atomic E-state index is -0.712. The van der Waals surface area contributed by atoms with E-state index < -0.39 is 6.10 Å². The van der Waals surface area contributed by atoms with Crippen molar-refractivity contribution >= 4 is 11.6 Å². The van der Waals surface area contributed by atoms with Gasteiger partial charge < -0.3 is 5.11 Å². The predicted octanol–water partition coefficient (Wildman–Crippen LogP) is 4.63. The summed E-state index contributed by atoms with van der Waals surface area (Å²) in [5, 5.41) is 10.7. The highest BCUT2D eigenvalue weighted by Crippen LogP contribution is 2.40. The Bertz CT molecular complexity index is 605. The van der Waals surface area contributed by atoms with Crippen LogP contribution in [0.1, 0.15) is 41.6 Å². The number of rotatable bonds is 4. The Kier molecular flexibility index (Phi) is 3.77. The quantitative estimate of drug-likeness (QED) is 0.870. The molecule has 1 unspecified atom stereocenters. The fraction of sp³-hybridized carbons (Fsp3) is 0.294. The zero-order valence-corrected chi connectivity index (χ0v) is 11.8. The zero-order valence-electron chi connectivity index (χ0n) is 11.0. The van der Waals surface area contributed by atoms with Crippen molar-refractivity contribution in [3.8, 4) is 0 Å². The maximum atomic E-state index is 13.7. The molecule has 1 aliphatic carbocycles. The average Bonchev–Trinajstić information content (AvgIpc) is 3.27. The maximum Gasteiger partial charge on any atom is 0.126 e. The molecular formula is C17H16ClFO. The molecule has 1 saturated carbocycles. The minimum Gasteiger partial charge on any atom is -0.388 e. The van der Waals surface area contributed by atoms with Crippen LogP contribution in [-0.4, -0.2) is 5.11 Å². The van der Waals surface area contributed by atoms with Gasteiger partial charge in [-0.05, 0) is 53.6 Å². The molecule has 0 aromatic heterocycles. The van der Waals surface area contributed by atoms with E-state index in [1.807, 2.05) is 12.1 Å². The second-order valence-electron chi connectivity index (χ2n) is 5.40. The van der Waals surface area contributed by atoms with Crippen LogP contribution >= 0.6 is 11.6 Å². The molecular weight excluding hydrogens is 275 g/mol. The summed E-state index contributed by atoms with van der Waals surface area (Å²) in [7, 11) is 0. The Hall–Kier alpha value is -1.38. The fourth-order valence-electron chi connectivity index (χ4n) is 2.43. The van der Waals surface area contributed by atoms with Crippen LogP contribution in [-0.2, 0) is 6.42 Å². The molecule has 0 aliphatic heterocycles. The van der Waals surface area contributed by atoms with Crippen molar-refractivity contribution < 1.29 is 9.50 Å². The van der Waals surface area contributed by atoms with Crippen molar-refractivity contribution in [3.05, 3.63) is 70.0 Å². The number of aliphatic hydroxyl groups is 1. The van der Waals surface area contributed by atoms with Gasteiger partial charge in [-0.2, -0.15) is 0 Å². The lowest BCUT2D eigenvalue weighted by Gasteiger charge is -2.12. The molecule has 3 rings (SSSR count). The van der Waals surface area contributed by atoms with Crippen molar-refractivity contribution in [1.82, 2.24) is 0 Å². The molecule has 20 heavy (non-hydrogen) atoms. The standard InChI is InChI=1S/C17H16ClFO/c18-15-7-8-16(19)14(9-15)10-17(20)13-5-3-12(4-6-13)11-1-2-11/h3-9,11,17,20H,1-2,10H2. The third-order valence-electron chi connectivity index (χ3n) is 3.79. The molecule has 1 aliphatic rings. The molecule has 1 atom stereocenters. The van der Waals surface area contributed by atoms with Gasteiger partial charge in [-0.15, -0.1) is 0 Å². The summed E-state index contributed by atoms with van der Waals surface area (Å²) in [4.78, 5) is 0. The topological polar surface area (TPSA) is 20.2 Å². The first-order valence-corrected chi connectivity index (χ1v) is 7.23. The maximum absolute atomic E-state index is 13.7. The van der Waals surface area contributed by atoms with Crippen LogP contribution in [0.5, 0.6) is 0 Å². The normalized spacial score (nSPS) is 16.1. The lowest BCUT2D eigenvalue weighted by atomic mass is 9.99. The monoisotopic (exact) mass is 290 g/mol. The van der Waals surface area contributed by atoms with Gasteiger partial charge >= 0.3 is 0 Å². The second kappa shape index (κ2) is 5.55. The molecule has 1 nitrogen and oxygen atoms in total. The summed E-state index contributed by atoms with van der Waals surface area (Å²) in [6.45, 7) is 0. The third kappa shape index (κ3) is 3.02. The largest absolute Gasteiger partial charge is 0.388 e. The minimum absolute atomic E-state index is 0.231. The van der Waals surface area contributed by atoms with Crippen LogP contribution in [0, 0.1) is 5.82 Å². The van der Waals surface area contributed by atoms with Gasteiger partial charge in [0.15, 0.2) is 0 Å². The molecule has 2 aromatic carbocycles. The van der Waals surface area contributed by atoms with Gasteiger partial charge in [-0.1, -0.05) is 35.9 Å². The van der Waals surface area contributed by atoms with E-state index in [0.717, 1.165) is 5.56 Å². The van der Waals surface area contributed by atoms with E-state index in [1.165, 1.54) is 30.5 Å². The average molecular weight is 291 g/mol. The van der Waals surface area contributed by atoms with E-state index in [-0.39, 0.29) is 12.2 Å². The summed E-state index contributed by atoms with van der Waals surface area (Å²) < 4.78 is 13.7. The third-order valence-corrected chi connectivity index (χ3v) is 4.03. The van der Waals surface area contributed by atoms with E-state index in [0.29, 0.717) is 16.5 Å². The summed E-state index contributed by atoms with van der Waals surface area (Å²) in [5.41, 5.74) is 2.58. The number of hydrogen-bond acceptors (Lipinski definition) is 1. The molecule has 0 saturated heterocycles. The Balaban J connectivity index is 1.74. The van der Waals surface area contributed by atoms with Gasteiger partial charge in [0.25, 0.3) is 0 Å². The van der Waals surface area contributed by atoms with E-state index >= 15 is 0 Å². The first-order chi connectivity index (χ1) is 9.63. The van der Waals surface area contributed by atoms with Gasteiger partial charge in [-0.25, -0.2) is 4.39 Å². The van der Waals surface area contributed by atoms with Crippen LogP contribution in [0.25, 0.3) is 0 Å². The van der Waals surface area contributed by atoms with Crippen LogP contribution in [0.3, 0.4) is 0 Å². The molecule has 1 N–H and O–H groups in total. The number of aliphatic hydroxyl groups excluding tert-OH is 1. The van der Waals surface area contributed by atoms with Crippen molar-refractivity contribution in [2.75, 3.05) is 0 Å². The van der Waals surface area contributed by atoms with Crippen LogP contribution in [0.15, 0.2) is 42.5 Å². The van der Waals surface area contributed by atoms with Gasteiger partial charge in [-0.3, -0.25) is 0 Å². The smallest absolute Gasteiger partial charge is 0.126 e. The highest BCUT2D eigenvalue weighted by Gasteiger charge is 2.23. The molecule has 0 spiro atoms. The lowest BCUT2D eigenvalue weighted by molar-refractivity contribution is 0.177. The lowest BCUT2D eigenvalue weighted by Crippen LogP contribution is -2.03. The summed E-state index contributed by atoms with van der Waals surface area (Å²) >= 11 is 5.86. The number of halogens is 2. The Morgan fingerprint density at radius 3 is 2.50 bits per heavy atom. The van der Waals surface area contributed by atoms with Crippen molar-refractivity contribution in [2.24, 2.45) is 0 Å². The van der Waals surface area contributed by atoms with Crippen LogP contribution < -0.4 is 0 Å². The number of benzene rings is 2. The van der Waals surface area contributed by atoms with E-state index in [4.69, 9.17) is 11.6 Å². The van der Waals surface area contributed by atoms with Gasteiger partial charge in [0, 0.05) is 11.4 Å². The molecule has 3 heteroatoms. The highest BCUT2D eigenvalue weighted by atomic mass is 35.5. The van der Waals surface area contributed by atoms with E-state index in [1.54, 1.807) is 6.07 Å². The molecule has 1 fully saturated rings. The van der Waals surface area contributed by atoms with Crippen LogP contribution in [0.2, 0.25) is 5.02 Å². The first-order valence-electron chi connectivity index (χ1n) is 6.85. The highest BCUT2D eigenvalue weighted by molar-refractivity contribution is 6.30. The molecule has 0 bridgehead atoms. The van der Waals surface area contributed by atoms with Gasteiger partial charge in [0.1, 0.15) is 5.82 Å². The predicted molar refractivity (Wildman–Crippen MR) is 78.5 cm³/mol. The van der Waals surface area contributed by atoms with Crippen molar-refractivity contribution in [3.63, 3.8) is 0 Å². The molecule has 2 aromatic rings. The summed E-state index contributed by atoms with van der Waals surface area (Å²) in [6.07, 6.45) is 2.04. The fourth-order valence-corrected chi connectivity index (χ4v) is 2.63. The molecule has 0 heterocycles. The second-order valence-corrected chi connectivity index (χ2v) is 5.83. The Morgan fingerprint density at radius 2 is 1.85 bits per heavy atom. The molecule has 0 amide bonds. The van der Waals surface area contributed by atoms with Crippen molar-refractivity contribution in [2.45, 2.75) is 31.3 Å². The molecule has 104 valence electrons. The Morgan fingerprint density at radius 1 is 1.15 bits per heavy atom.